The molecule has 1 aromatic rings. The van der Waals surface area contributed by atoms with E-state index in [4.69, 9.17) is 0 Å². The van der Waals surface area contributed by atoms with Gasteiger partial charge in [0.25, 0.3) is 0 Å². The Kier molecular flexibility index (Phi) is 2.72. The van der Waals surface area contributed by atoms with Crippen molar-refractivity contribution in [3.63, 3.8) is 0 Å². The van der Waals surface area contributed by atoms with Crippen LogP contribution in [0.1, 0.15) is 19.5 Å². The number of carbonyl (C=O) groups excluding carboxylic acids is 1. The maximum atomic E-state index is 11.4. The summed E-state index contributed by atoms with van der Waals surface area (Å²) >= 11 is 0. The van der Waals surface area contributed by atoms with Gasteiger partial charge in [0.2, 0.25) is 5.91 Å². The standard InChI is InChI=1S/C10H15N4O2/c1-3-14(16)10-6-9-7-12(8(2)15)4-5-13(9)11-10/h6H,3-5,7H2,1-2H3/q+1. The van der Waals surface area contributed by atoms with Crippen molar-refractivity contribution in [3.05, 3.63) is 16.7 Å². The Labute approximate surface area is 93.4 Å². The molecule has 0 atom stereocenters. The molecule has 1 aromatic heterocycles. The molecule has 0 unspecified atom stereocenters. The van der Waals surface area contributed by atoms with Gasteiger partial charge < -0.3 is 4.90 Å². The number of nitrogens with zero attached hydrogens (tertiary/aromatic N) is 4. The van der Waals surface area contributed by atoms with Crippen molar-refractivity contribution < 1.29 is 9.55 Å². The van der Waals surface area contributed by atoms with E-state index < -0.39 is 0 Å². The van der Waals surface area contributed by atoms with Crippen LogP contribution in [-0.2, 0) is 17.9 Å². The van der Waals surface area contributed by atoms with Crippen LogP contribution in [0.3, 0.4) is 0 Å². The SMILES string of the molecule is CC[N+](=O)c1cc2n(n1)CCN(C(C)=O)C2. The third-order valence-corrected chi connectivity index (χ3v) is 2.77. The fourth-order valence-electron chi connectivity index (χ4n) is 1.80. The van der Waals surface area contributed by atoms with Crippen LogP contribution in [-0.4, -0.2) is 38.4 Å². The van der Waals surface area contributed by atoms with E-state index in [0.29, 0.717) is 32.0 Å². The monoisotopic (exact) mass is 223 g/mol. The molecule has 0 bridgehead atoms. The Morgan fingerprint density at radius 2 is 2.31 bits per heavy atom. The molecule has 16 heavy (non-hydrogen) atoms. The fourth-order valence-corrected chi connectivity index (χ4v) is 1.80. The van der Waals surface area contributed by atoms with Gasteiger partial charge in [0, 0.05) is 13.5 Å². The number of fused-ring (bicyclic) bond motifs is 1. The lowest BCUT2D eigenvalue weighted by Gasteiger charge is -2.24. The first kappa shape index (κ1) is 10.8. The largest absolute Gasteiger partial charge is 0.387 e. The molecule has 1 aliphatic rings. The van der Waals surface area contributed by atoms with E-state index in [9.17, 15) is 9.70 Å². The van der Waals surface area contributed by atoms with Crippen LogP contribution in [0.2, 0.25) is 0 Å². The van der Waals surface area contributed by atoms with Crippen molar-refractivity contribution in [1.82, 2.24) is 14.7 Å². The van der Waals surface area contributed by atoms with E-state index in [1.807, 2.05) is 0 Å². The van der Waals surface area contributed by atoms with Crippen molar-refractivity contribution in [1.29, 1.82) is 0 Å². The van der Waals surface area contributed by atoms with Crippen molar-refractivity contribution in [2.45, 2.75) is 26.9 Å². The molecule has 0 aliphatic carbocycles. The first-order valence-electron chi connectivity index (χ1n) is 5.38. The zero-order valence-corrected chi connectivity index (χ0v) is 9.51. The predicted octanol–water partition coefficient (Wildman–Crippen LogP) is 0.675. The lowest BCUT2D eigenvalue weighted by molar-refractivity contribution is -0.463. The Morgan fingerprint density at radius 3 is 2.94 bits per heavy atom. The van der Waals surface area contributed by atoms with E-state index >= 15 is 0 Å². The second-order valence-electron chi connectivity index (χ2n) is 3.85. The summed E-state index contributed by atoms with van der Waals surface area (Å²) < 4.78 is 2.65. The lowest BCUT2D eigenvalue weighted by atomic mass is 10.3. The Bertz CT molecular complexity index is 438. The van der Waals surface area contributed by atoms with Gasteiger partial charge in [0.1, 0.15) is 6.54 Å². The molecule has 2 rings (SSSR count). The molecule has 0 spiro atoms. The molecule has 6 heteroatoms. The van der Waals surface area contributed by atoms with Crippen molar-refractivity contribution in [3.8, 4) is 0 Å². The molecular weight excluding hydrogens is 208 g/mol. The molecule has 0 fully saturated rings. The van der Waals surface area contributed by atoms with Crippen LogP contribution in [0.5, 0.6) is 0 Å². The van der Waals surface area contributed by atoms with Crippen molar-refractivity contribution in [2.24, 2.45) is 0 Å². The summed E-state index contributed by atoms with van der Waals surface area (Å²) in [6.45, 7) is 5.58. The topological polar surface area (TPSA) is 58.2 Å². The molecule has 86 valence electrons. The van der Waals surface area contributed by atoms with Gasteiger partial charge in [0.15, 0.2) is 0 Å². The minimum atomic E-state index is 0.0588. The van der Waals surface area contributed by atoms with Gasteiger partial charge in [0.05, 0.1) is 29.9 Å². The normalized spacial score (nSPS) is 14.8. The zero-order chi connectivity index (χ0) is 11.7. The van der Waals surface area contributed by atoms with Crippen molar-refractivity contribution in [2.75, 3.05) is 13.1 Å². The fraction of sp³-hybridized carbons (Fsp3) is 0.600. The van der Waals surface area contributed by atoms with Gasteiger partial charge in [-0.05, 0) is 11.7 Å². The van der Waals surface area contributed by atoms with E-state index in [0.717, 1.165) is 10.5 Å². The second kappa shape index (κ2) is 4.03. The van der Waals surface area contributed by atoms with Crippen LogP contribution < -0.4 is 0 Å². The molecule has 1 amide bonds. The quantitative estimate of drug-likeness (QED) is 0.692. The zero-order valence-electron chi connectivity index (χ0n) is 9.51. The highest BCUT2D eigenvalue weighted by molar-refractivity contribution is 5.73. The molecule has 6 nitrogen and oxygen atoms in total. The summed E-state index contributed by atoms with van der Waals surface area (Å²) in [7, 11) is 0. The average molecular weight is 223 g/mol. The highest BCUT2D eigenvalue weighted by Crippen LogP contribution is 2.17. The number of hydrogen-bond acceptors (Lipinski definition) is 3. The minimum absolute atomic E-state index is 0.0588. The number of carbonyl (C=O) groups is 1. The highest BCUT2D eigenvalue weighted by atomic mass is 16.3. The summed E-state index contributed by atoms with van der Waals surface area (Å²) in [6.07, 6.45) is 0. The molecule has 2 heterocycles. The maximum Gasteiger partial charge on any atom is 0.387 e. The third-order valence-electron chi connectivity index (χ3n) is 2.77. The minimum Gasteiger partial charge on any atom is -0.335 e. The molecule has 0 aromatic carbocycles. The van der Waals surface area contributed by atoms with E-state index in [-0.39, 0.29) is 5.91 Å². The first-order valence-corrected chi connectivity index (χ1v) is 5.38. The van der Waals surface area contributed by atoms with Crippen LogP contribution in [0.4, 0.5) is 5.82 Å². The molecule has 0 saturated heterocycles. The number of rotatable bonds is 2. The molecule has 0 radical (unpaired) electrons. The van der Waals surface area contributed by atoms with Gasteiger partial charge >= 0.3 is 5.82 Å². The van der Waals surface area contributed by atoms with Gasteiger partial charge in [-0.3, -0.25) is 4.79 Å². The summed E-state index contributed by atoms with van der Waals surface area (Å²) in [5.41, 5.74) is 0.922. The van der Waals surface area contributed by atoms with Crippen LogP contribution in [0, 0.1) is 4.91 Å². The number of aromatic nitrogens is 2. The van der Waals surface area contributed by atoms with Crippen LogP contribution in [0.25, 0.3) is 0 Å². The average Bonchev–Trinajstić information content (AvgIpc) is 2.70. The molecule has 0 saturated carbocycles. The molecule has 1 aliphatic heterocycles. The number of hydrogen-bond donors (Lipinski definition) is 0. The summed E-state index contributed by atoms with van der Waals surface area (Å²) in [5, 5.41) is 4.21. The Balaban J connectivity index is 2.23. The maximum absolute atomic E-state index is 11.4. The Morgan fingerprint density at radius 1 is 1.56 bits per heavy atom. The predicted molar refractivity (Wildman–Crippen MR) is 57.1 cm³/mol. The van der Waals surface area contributed by atoms with Gasteiger partial charge in [-0.1, -0.05) is 4.91 Å². The van der Waals surface area contributed by atoms with E-state index in [1.165, 1.54) is 0 Å². The van der Waals surface area contributed by atoms with Crippen LogP contribution in [0.15, 0.2) is 6.07 Å². The summed E-state index contributed by atoms with van der Waals surface area (Å²) in [6, 6.07) is 1.76. The second-order valence-corrected chi connectivity index (χ2v) is 3.85. The first-order chi connectivity index (χ1) is 7.61. The summed E-state index contributed by atoms with van der Waals surface area (Å²) in [5.74, 6) is 0.492. The highest BCUT2D eigenvalue weighted by Gasteiger charge is 2.26. The Hall–Kier alpha value is -1.72. The molecule has 0 N–H and O–H groups in total. The smallest absolute Gasteiger partial charge is 0.335 e. The van der Waals surface area contributed by atoms with Gasteiger partial charge in [-0.2, -0.15) is 4.68 Å². The van der Waals surface area contributed by atoms with E-state index in [1.54, 1.807) is 29.5 Å². The lowest BCUT2D eigenvalue weighted by Crippen LogP contribution is -2.36. The number of amides is 1. The van der Waals surface area contributed by atoms with Gasteiger partial charge in [-0.25, -0.2) is 0 Å². The van der Waals surface area contributed by atoms with Crippen molar-refractivity contribution >= 4 is 11.7 Å². The number of nitroso groups, excluding NO2 is 1. The van der Waals surface area contributed by atoms with E-state index in [2.05, 4.69) is 5.10 Å². The third kappa shape index (κ3) is 1.82. The summed E-state index contributed by atoms with van der Waals surface area (Å²) in [4.78, 5) is 24.4. The van der Waals surface area contributed by atoms with Gasteiger partial charge in [-0.15, -0.1) is 0 Å². The van der Waals surface area contributed by atoms with Crippen LogP contribution >= 0.6 is 0 Å². The molecular formula is C10H15N4O2+.